The summed E-state index contributed by atoms with van der Waals surface area (Å²) in [6, 6.07) is 8.68. The molecule has 0 aliphatic heterocycles. The number of hydrogen-bond acceptors (Lipinski definition) is 2. The molecule has 4 heteroatoms. The van der Waals surface area contributed by atoms with Gasteiger partial charge in [0.2, 0.25) is 5.56 Å². The molecule has 0 saturated carbocycles. The molecule has 0 atom stereocenters. The number of carbonyl (C=O) groups excluding carboxylic acids is 1. The highest BCUT2D eigenvalue weighted by atomic mass is 16.2. The molecule has 0 fully saturated rings. The van der Waals surface area contributed by atoms with Gasteiger partial charge in [0.25, 0.3) is 5.91 Å². The highest BCUT2D eigenvalue weighted by Gasteiger charge is 2.10. The van der Waals surface area contributed by atoms with E-state index in [2.05, 4.69) is 17.2 Å². The minimum Gasteiger partial charge on any atom is -0.352 e. The number of para-hydroxylation sites is 1. The van der Waals surface area contributed by atoms with E-state index >= 15 is 0 Å². The Morgan fingerprint density at radius 2 is 2.05 bits per heavy atom. The van der Waals surface area contributed by atoms with Crippen LogP contribution in [-0.2, 0) is 0 Å². The van der Waals surface area contributed by atoms with Crippen molar-refractivity contribution in [2.24, 2.45) is 0 Å². The van der Waals surface area contributed by atoms with Crippen LogP contribution >= 0.6 is 0 Å². The predicted molar refractivity (Wildman–Crippen MR) is 76.4 cm³/mol. The molecule has 2 N–H and O–H groups in total. The number of unbranched alkanes of at least 4 members (excludes halogenated alkanes) is 2. The maximum atomic E-state index is 12.1. The lowest BCUT2D eigenvalue weighted by Gasteiger charge is -2.07. The van der Waals surface area contributed by atoms with Crippen LogP contribution in [0.3, 0.4) is 0 Å². The minimum absolute atomic E-state index is 0.182. The van der Waals surface area contributed by atoms with E-state index in [9.17, 15) is 9.59 Å². The third kappa shape index (κ3) is 3.22. The second-order valence-electron chi connectivity index (χ2n) is 4.56. The lowest BCUT2D eigenvalue weighted by molar-refractivity contribution is 0.0954. The number of aromatic nitrogens is 1. The number of aromatic amines is 1. The molecule has 2 rings (SSSR count). The summed E-state index contributed by atoms with van der Waals surface area (Å²) in [6.45, 7) is 2.76. The molecule has 1 aromatic heterocycles. The number of H-pyrrole nitrogens is 1. The Morgan fingerprint density at radius 3 is 2.84 bits per heavy atom. The van der Waals surface area contributed by atoms with Gasteiger partial charge in [0.05, 0.1) is 5.56 Å². The maximum Gasteiger partial charge on any atom is 0.252 e. The van der Waals surface area contributed by atoms with Crippen molar-refractivity contribution in [3.8, 4) is 0 Å². The molecule has 0 bridgehead atoms. The first kappa shape index (κ1) is 13.3. The van der Waals surface area contributed by atoms with E-state index in [1.807, 2.05) is 18.2 Å². The molecule has 0 spiro atoms. The average molecular weight is 258 g/mol. The van der Waals surface area contributed by atoms with Gasteiger partial charge in [-0.05, 0) is 12.5 Å². The zero-order chi connectivity index (χ0) is 13.7. The van der Waals surface area contributed by atoms with Gasteiger partial charge in [-0.2, -0.15) is 0 Å². The van der Waals surface area contributed by atoms with E-state index in [0.29, 0.717) is 17.6 Å². The zero-order valence-electron chi connectivity index (χ0n) is 11.0. The van der Waals surface area contributed by atoms with Crippen LogP contribution < -0.4 is 10.9 Å². The van der Waals surface area contributed by atoms with Gasteiger partial charge in [-0.15, -0.1) is 0 Å². The van der Waals surface area contributed by atoms with Gasteiger partial charge in [-0.1, -0.05) is 38.0 Å². The molecule has 4 nitrogen and oxygen atoms in total. The number of pyridine rings is 1. The number of fused-ring (bicyclic) bond motifs is 1. The Labute approximate surface area is 111 Å². The molecular weight excluding hydrogens is 240 g/mol. The Bertz CT molecular complexity index is 631. The normalized spacial score (nSPS) is 10.6. The molecule has 0 unspecified atom stereocenters. The highest BCUT2D eigenvalue weighted by molar-refractivity contribution is 6.05. The van der Waals surface area contributed by atoms with E-state index < -0.39 is 0 Å². The smallest absolute Gasteiger partial charge is 0.252 e. The third-order valence-electron chi connectivity index (χ3n) is 3.06. The van der Waals surface area contributed by atoms with Crippen molar-refractivity contribution in [2.45, 2.75) is 26.2 Å². The topological polar surface area (TPSA) is 62.0 Å². The SMILES string of the molecule is CCCCCNC(=O)c1cc(=O)[nH]c2ccccc12. The van der Waals surface area contributed by atoms with E-state index in [0.717, 1.165) is 24.6 Å². The van der Waals surface area contributed by atoms with Crippen molar-refractivity contribution in [3.05, 3.63) is 46.2 Å². The molecule has 1 aromatic carbocycles. The molecular formula is C15H18N2O2. The van der Waals surface area contributed by atoms with E-state index in [4.69, 9.17) is 0 Å². The van der Waals surface area contributed by atoms with Gasteiger partial charge in [-0.3, -0.25) is 9.59 Å². The third-order valence-corrected chi connectivity index (χ3v) is 3.06. The number of amides is 1. The van der Waals surface area contributed by atoms with Crippen molar-refractivity contribution in [1.29, 1.82) is 0 Å². The van der Waals surface area contributed by atoms with Crippen LogP contribution in [0.4, 0.5) is 0 Å². The van der Waals surface area contributed by atoms with Gasteiger partial charge in [-0.25, -0.2) is 0 Å². The monoisotopic (exact) mass is 258 g/mol. The zero-order valence-corrected chi connectivity index (χ0v) is 11.0. The summed E-state index contributed by atoms with van der Waals surface area (Å²) in [6.07, 6.45) is 3.17. The lowest BCUT2D eigenvalue weighted by atomic mass is 10.1. The minimum atomic E-state index is -0.252. The van der Waals surface area contributed by atoms with Crippen LogP contribution in [0.15, 0.2) is 35.1 Å². The number of nitrogens with one attached hydrogen (secondary N) is 2. The molecule has 100 valence electrons. The Balaban J connectivity index is 2.24. The Kier molecular flexibility index (Phi) is 4.34. The van der Waals surface area contributed by atoms with E-state index in [-0.39, 0.29) is 11.5 Å². The Morgan fingerprint density at radius 1 is 1.26 bits per heavy atom. The van der Waals surface area contributed by atoms with Gasteiger partial charge >= 0.3 is 0 Å². The van der Waals surface area contributed by atoms with Crippen molar-refractivity contribution in [1.82, 2.24) is 10.3 Å². The summed E-state index contributed by atoms with van der Waals surface area (Å²) in [5.74, 6) is -0.182. The number of hydrogen-bond donors (Lipinski definition) is 2. The molecule has 0 aliphatic rings. The second-order valence-corrected chi connectivity index (χ2v) is 4.56. The first-order valence-electron chi connectivity index (χ1n) is 6.62. The fourth-order valence-electron chi connectivity index (χ4n) is 2.06. The fraction of sp³-hybridized carbons (Fsp3) is 0.333. The van der Waals surface area contributed by atoms with Crippen molar-refractivity contribution in [3.63, 3.8) is 0 Å². The lowest BCUT2D eigenvalue weighted by Crippen LogP contribution is -2.26. The van der Waals surface area contributed by atoms with Crippen molar-refractivity contribution < 1.29 is 4.79 Å². The van der Waals surface area contributed by atoms with Crippen LogP contribution in [0, 0.1) is 0 Å². The average Bonchev–Trinajstić information content (AvgIpc) is 2.42. The molecule has 19 heavy (non-hydrogen) atoms. The second kappa shape index (κ2) is 6.18. The van der Waals surface area contributed by atoms with Crippen LogP contribution in [0.2, 0.25) is 0 Å². The Hall–Kier alpha value is -2.10. The van der Waals surface area contributed by atoms with Gasteiger partial charge < -0.3 is 10.3 Å². The quantitative estimate of drug-likeness (QED) is 0.809. The van der Waals surface area contributed by atoms with E-state index in [1.165, 1.54) is 6.07 Å². The largest absolute Gasteiger partial charge is 0.352 e. The molecule has 1 heterocycles. The predicted octanol–water partition coefficient (Wildman–Crippen LogP) is 2.45. The first-order valence-corrected chi connectivity index (χ1v) is 6.62. The maximum absolute atomic E-state index is 12.1. The van der Waals surface area contributed by atoms with Crippen LogP contribution in [0.25, 0.3) is 10.9 Å². The number of rotatable bonds is 5. The summed E-state index contributed by atoms with van der Waals surface area (Å²) in [4.78, 5) is 26.4. The molecule has 0 saturated heterocycles. The van der Waals surface area contributed by atoms with Gasteiger partial charge in [0.15, 0.2) is 0 Å². The highest BCUT2D eigenvalue weighted by Crippen LogP contribution is 2.14. The van der Waals surface area contributed by atoms with Crippen molar-refractivity contribution in [2.75, 3.05) is 6.54 Å². The van der Waals surface area contributed by atoms with Gasteiger partial charge in [0, 0.05) is 23.5 Å². The van der Waals surface area contributed by atoms with Gasteiger partial charge in [0.1, 0.15) is 0 Å². The summed E-state index contributed by atoms with van der Waals surface area (Å²) >= 11 is 0. The summed E-state index contributed by atoms with van der Waals surface area (Å²) in [7, 11) is 0. The van der Waals surface area contributed by atoms with Crippen LogP contribution in [0.1, 0.15) is 36.5 Å². The molecule has 1 amide bonds. The summed E-state index contributed by atoms with van der Waals surface area (Å²) < 4.78 is 0. The van der Waals surface area contributed by atoms with Crippen LogP contribution in [0.5, 0.6) is 0 Å². The fourth-order valence-corrected chi connectivity index (χ4v) is 2.06. The van der Waals surface area contributed by atoms with Crippen LogP contribution in [-0.4, -0.2) is 17.4 Å². The summed E-state index contributed by atoms with van der Waals surface area (Å²) in [5, 5.41) is 3.63. The molecule has 2 aromatic rings. The molecule has 0 aliphatic carbocycles. The number of carbonyl (C=O) groups is 1. The number of benzene rings is 1. The molecule has 0 radical (unpaired) electrons. The first-order chi connectivity index (χ1) is 9.22. The summed E-state index contributed by atoms with van der Waals surface area (Å²) in [5.41, 5.74) is 0.877. The van der Waals surface area contributed by atoms with E-state index in [1.54, 1.807) is 6.07 Å². The standard InChI is InChI=1S/C15H18N2O2/c1-2-3-6-9-16-15(19)12-10-14(18)17-13-8-5-4-7-11(12)13/h4-5,7-8,10H,2-3,6,9H2,1H3,(H,16,19)(H,17,18). The van der Waals surface area contributed by atoms with Crippen molar-refractivity contribution >= 4 is 16.8 Å².